The zero-order chi connectivity index (χ0) is 23.2. The maximum absolute atomic E-state index is 12.9. The molecule has 0 aliphatic carbocycles. The quantitative estimate of drug-likeness (QED) is 0.291. The largest absolute Gasteiger partial charge is 0.444 e. The Bertz CT molecular complexity index is 659. The Kier molecular flexibility index (Phi) is 11.0. The lowest BCUT2D eigenvalue weighted by Crippen LogP contribution is -2.51. The van der Waals surface area contributed by atoms with Gasteiger partial charge in [0.15, 0.2) is 5.96 Å². The highest BCUT2D eigenvalue weighted by Gasteiger charge is 2.49. The van der Waals surface area contributed by atoms with E-state index in [9.17, 15) is 9.59 Å². The Labute approximate surface area is 210 Å². The molecule has 2 rings (SSSR count). The third-order valence-electron chi connectivity index (χ3n) is 5.39. The lowest BCUT2D eigenvalue weighted by molar-refractivity contribution is -0.129. The number of ether oxygens (including phenoxy) is 2. The second-order valence-electron chi connectivity index (χ2n) is 9.67. The molecule has 0 aromatic carbocycles. The fourth-order valence-corrected chi connectivity index (χ4v) is 4.03. The molecule has 2 saturated heterocycles. The Morgan fingerprint density at radius 1 is 1.19 bits per heavy atom. The topological polar surface area (TPSA) is 95.5 Å². The number of halogens is 1. The van der Waals surface area contributed by atoms with Crippen molar-refractivity contribution in [2.45, 2.75) is 91.2 Å². The van der Waals surface area contributed by atoms with Crippen molar-refractivity contribution >= 4 is 41.9 Å². The average molecular weight is 568 g/mol. The average Bonchev–Trinajstić information content (AvgIpc) is 3.23. The molecule has 10 heteroatoms. The first kappa shape index (κ1) is 28.7. The molecule has 2 amide bonds. The van der Waals surface area contributed by atoms with Crippen LogP contribution in [-0.2, 0) is 14.3 Å². The summed E-state index contributed by atoms with van der Waals surface area (Å²) in [6.45, 7) is 16.5. The van der Waals surface area contributed by atoms with Crippen molar-refractivity contribution in [3.63, 3.8) is 0 Å². The minimum absolute atomic E-state index is 0. The van der Waals surface area contributed by atoms with E-state index in [2.05, 4.69) is 15.6 Å². The van der Waals surface area contributed by atoms with Crippen molar-refractivity contribution in [3.8, 4) is 0 Å². The fraction of sp³-hybridized carbons (Fsp3) is 0.864. The van der Waals surface area contributed by atoms with Crippen LogP contribution in [0.15, 0.2) is 4.99 Å². The van der Waals surface area contributed by atoms with Gasteiger partial charge in [-0.15, -0.1) is 24.0 Å². The summed E-state index contributed by atoms with van der Waals surface area (Å²) in [5.74, 6) is 0.800. The lowest BCUT2D eigenvalue weighted by Gasteiger charge is -2.34. The third-order valence-corrected chi connectivity index (χ3v) is 5.39. The summed E-state index contributed by atoms with van der Waals surface area (Å²) in [5.41, 5.74) is -1.37. The molecule has 32 heavy (non-hydrogen) atoms. The first-order valence-corrected chi connectivity index (χ1v) is 11.4. The number of aliphatic imine (C=N–C) groups is 1. The van der Waals surface area contributed by atoms with E-state index >= 15 is 0 Å². The molecule has 0 radical (unpaired) electrons. The SMILES string of the molecule is CCNC(=NCC1C(C)OC(C)(C)N1C(=O)OC(C)(C)C)NCCC(=O)N1CCCC1.I. The van der Waals surface area contributed by atoms with Gasteiger partial charge in [-0.25, -0.2) is 4.79 Å². The number of likely N-dealkylation sites (tertiary alicyclic amines) is 1. The summed E-state index contributed by atoms with van der Waals surface area (Å²) < 4.78 is 11.7. The Hall–Kier alpha value is -1.30. The second kappa shape index (κ2) is 12.2. The van der Waals surface area contributed by atoms with Crippen LogP contribution in [0.25, 0.3) is 0 Å². The van der Waals surface area contributed by atoms with Crippen LogP contribution in [0.1, 0.15) is 67.7 Å². The van der Waals surface area contributed by atoms with Crippen LogP contribution in [-0.4, -0.2) is 84.0 Å². The normalized spacial score (nSPS) is 23.0. The summed E-state index contributed by atoms with van der Waals surface area (Å²) in [6.07, 6.45) is 2.03. The molecule has 2 fully saturated rings. The van der Waals surface area contributed by atoms with Crippen molar-refractivity contribution in [2.24, 2.45) is 4.99 Å². The molecular formula is C22H42IN5O4. The molecule has 2 unspecified atom stereocenters. The number of rotatable bonds is 6. The van der Waals surface area contributed by atoms with Crippen LogP contribution in [0, 0.1) is 0 Å². The monoisotopic (exact) mass is 567 g/mol. The summed E-state index contributed by atoms with van der Waals surface area (Å²) in [7, 11) is 0. The molecule has 2 aliphatic heterocycles. The van der Waals surface area contributed by atoms with Gasteiger partial charge in [0.2, 0.25) is 5.91 Å². The second-order valence-corrected chi connectivity index (χ2v) is 9.67. The van der Waals surface area contributed by atoms with Crippen LogP contribution in [0.4, 0.5) is 4.79 Å². The van der Waals surface area contributed by atoms with E-state index in [0.717, 1.165) is 25.9 Å². The zero-order valence-corrected chi connectivity index (χ0v) is 23.0. The van der Waals surface area contributed by atoms with E-state index in [4.69, 9.17) is 9.47 Å². The van der Waals surface area contributed by atoms with Crippen molar-refractivity contribution in [3.05, 3.63) is 0 Å². The van der Waals surface area contributed by atoms with E-state index in [1.807, 2.05) is 53.4 Å². The van der Waals surface area contributed by atoms with Crippen LogP contribution in [0.5, 0.6) is 0 Å². The van der Waals surface area contributed by atoms with E-state index in [0.29, 0.717) is 32.0 Å². The lowest BCUT2D eigenvalue weighted by atomic mass is 10.1. The highest BCUT2D eigenvalue weighted by atomic mass is 127. The van der Waals surface area contributed by atoms with Crippen molar-refractivity contribution in [1.29, 1.82) is 0 Å². The van der Waals surface area contributed by atoms with Crippen molar-refractivity contribution in [1.82, 2.24) is 20.4 Å². The van der Waals surface area contributed by atoms with Crippen LogP contribution in [0.3, 0.4) is 0 Å². The van der Waals surface area contributed by atoms with Gasteiger partial charge in [-0.05, 0) is 61.3 Å². The number of amides is 2. The molecule has 0 saturated carbocycles. The van der Waals surface area contributed by atoms with Gasteiger partial charge in [-0.3, -0.25) is 14.7 Å². The van der Waals surface area contributed by atoms with Gasteiger partial charge in [0.1, 0.15) is 11.3 Å². The minimum atomic E-state index is -0.782. The van der Waals surface area contributed by atoms with Crippen LogP contribution >= 0.6 is 24.0 Å². The zero-order valence-electron chi connectivity index (χ0n) is 20.7. The smallest absolute Gasteiger partial charge is 0.412 e. The number of nitrogens with zero attached hydrogens (tertiary/aromatic N) is 3. The maximum Gasteiger partial charge on any atom is 0.412 e. The Balaban J connectivity index is 0.00000512. The molecule has 2 heterocycles. The predicted octanol–water partition coefficient (Wildman–Crippen LogP) is 2.93. The predicted molar refractivity (Wildman–Crippen MR) is 136 cm³/mol. The van der Waals surface area contributed by atoms with E-state index < -0.39 is 17.4 Å². The van der Waals surface area contributed by atoms with Gasteiger partial charge in [-0.1, -0.05) is 0 Å². The van der Waals surface area contributed by atoms with Gasteiger partial charge < -0.3 is 25.0 Å². The Morgan fingerprint density at radius 2 is 1.81 bits per heavy atom. The van der Waals surface area contributed by atoms with E-state index in [1.165, 1.54) is 0 Å². The molecule has 186 valence electrons. The molecular weight excluding hydrogens is 525 g/mol. The van der Waals surface area contributed by atoms with Crippen LogP contribution in [0.2, 0.25) is 0 Å². The molecule has 9 nitrogen and oxygen atoms in total. The summed E-state index contributed by atoms with van der Waals surface area (Å²) in [6, 6.07) is -0.258. The number of carbonyl (C=O) groups excluding carboxylic acids is 2. The molecule has 2 N–H and O–H groups in total. The Morgan fingerprint density at radius 3 is 2.38 bits per heavy atom. The summed E-state index contributed by atoms with van der Waals surface area (Å²) >= 11 is 0. The molecule has 2 aliphatic rings. The number of nitrogens with one attached hydrogen (secondary N) is 2. The third kappa shape index (κ3) is 8.24. The van der Waals surface area contributed by atoms with Gasteiger partial charge in [-0.2, -0.15) is 0 Å². The number of carbonyl (C=O) groups is 2. The van der Waals surface area contributed by atoms with E-state index in [-0.39, 0.29) is 42.0 Å². The standard InChI is InChI=1S/C22H41N5O4.HI/c1-8-23-19(24-12-11-18(28)26-13-9-10-14-26)25-15-17-16(2)30-22(6,7)27(17)20(29)31-21(3,4)5;/h16-17H,8-15H2,1-7H3,(H2,23,24,25);1H. The van der Waals surface area contributed by atoms with Gasteiger partial charge >= 0.3 is 6.09 Å². The molecule has 2 atom stereocenters. The number of hydrogen-bond acceptors (Lipinski definition) is 5. The summed E-state index contributed by atoms with van der Waals surface area (Å²) in [4.78, 5) is 33.4. The van der Waals surface area contributed by atoms with Crippen molar-refractivity contribution < 1.29 is 19.1 Å². The van der Waals surface area contributed by atoms with E-state index in [1.54, 1.807) is 4.90 Å². The molecule has 0 spiro atoms. The van der Waals surface area contributed by atoms with Gasteiger partial charge in [0.25, 0.3) is 0 Å². The first-order valence-electron chi connectivity index (χ1n) is 11.4. The van der Waals surface area contributed by atoms with Crippen LogP contribution < -0.4 is 10.6 Å². The fourth-order valence-electron chi connectivity index (χ4n) is 4.03. The van der Waals surface area contributed by atoms with Gasteiger partial charge in [0, 0.05) is 32.6 Å². The summed E-state index contributed by atoms with van der Waals surface area (Å²) in [5, 5.41) is 6.44. The highest BCUT2D eigenvalue weighted by molar-refractivity contribution is 14.0. The first-order chi connectivity index (χ1) is 14.4. The minimum Gasteiger partial charge on any atom is -0.444 e. The highest BCUT2D eigenvalue weighted by Crippen LogP contribution is 2.33. The molecule has 0 bridgehead atoms. The molecule has 0 aromatic rings. The van der Waals surface area contributed by atoms with Crippen molar-refractivity contribution in [2.75, 3.05) is 32.7 Å². The number of hydrogen-bond donors (Lipinski definition) is 2. The molecule has 0 aromatic heterocycles. The number of guanidine groups is 1. The van der Waals surface area contributed by atoms with Gasteiger partial charge in [0.05, 0.1) is 18.7 Å². The maximum atomic E-state index is 12.9.